The molecule has 23 heavy (non-hydrogen) atoms. The number of aromatic nitrogens is 2. The van der Waals surface area contributed by atoms with E-state index < -0.39 is 0 Å². The van der Waals surface area contributed by atoms with Crippen LogP contribution in [0.15, 0.2) is 30.6 Å². The highest BCUT2D eigenvalue weighted by Crippen LogP contribution is 2.29. The van der Waals surface area contributed by atoms with Crippen molar-refractivity contribution in [3.63, 3.8) is 0 Å². The van der Waals surface area contributed by atoms with Gasteiger partial charge in [0.05, 0.1) is 17.9 Å². The van der Waals surface area contributed by atoms with Crippen LogP contribution in [-0.4, -0.2) is 39.7 Å². The first-order valence-electron chi connectivity index (χ1n) is 7.93. The average molecular weight is 331 g/mol. The van der Waals surface area contributed by atoms with Crippen LogP contribution in [0.4, 0.5) is 5.69 Å². The van der Waals surface area contributed by atoms with E-state index in [4.69, 9.17) is 11.6 Å². The van der Waals surface area contributed by atoms with Crippen molar-refractivity contribution in [1.82, 2.24) is 14.7 Å². The Labute approximate surface area is 140 Å². The van der Waals surface area contributed by atoms with Gasteiger partial charge in [-0.25, -0.2) is 0 Å². The second-order valence-corrected chi connectivity index (χ2v) is 6.74. The zero-order valence-electron chi connectivity index (χ0n) is 13.1. The van der Waals surface area contributed by atoms with Crippen LogP contribution in [0, 0.1) is 0 Å². The lowest BCUT2D eigenvalue weighted by Gasteiger charge is -2.32. The fourth-order valence-corrected chi connectivity index (χ4v) is 3.81. The van der Waals surface area contributed by atoms with E-state index in [1.54, 1.807) is 10.9 Å². The molecule has 3 heterocycles. The molecule has 1 aromatic carbocycles. The van der Waals surface area contributed by atoms with Gasteiger partial charge in [0.25, 0.3) is 0 Å². The minimum Gasteiger partial charge on any atom is -0.308 e. The molecular formula is C17H19ClN4O. The van der Waals surface area contributed by atoms with Crippen LogP contribution in [0.5, 0.6) is 0 Å². The van der Waals surface area contributed by atoms with E-state index in [2.05, 4.69) is 16.1 Å². The van der Waals surface area contributed by atoms with E-state index in [9.17, 15) is 4.79 Å². The number of carbonyl (C=O) groups is 1. The summed E-state index contributed by atoms with van der Waals surface area (Å²) in [7, 11) is 1.87. The molecule has 120 valence electrons. The smallest absolute Gasteiger partial charge is 0.244 e. The van der Waals surface area contributed by atoms with Gasteiger partial charge in [-0.05, 0) is 36.1 Å². The van der Waals surface area contributed by atoms with Crippen molar-refractivity contribution in [1.29, 1.82) is 0 Å². The zero-order chi connectivity index (χ0) is 16.0. The third-order valence-corrected chi connectivity index (χ3v) is 5.07. The summed E-state index contributed by atoms with van der Waals surface area (Å²) in [6, 6.07) is 6.04. The SMILES string of the molecule is Cn1cc(N2CC[C@@H](N3CCc4cc(Cl)ccc4C3)C2=O)cn1. The average Bonchev–Trinajstić information content (AvgIpc) is 3.12. The normalized spacial score (nSPS) is 21.7. The maximum Gasteiger partial charge on any atom is 0.244 e. The summed E-state index contributed by atoms with van der Waals surface area (Å²) in [6.07, 6.45) is 5.48. The Morgan fingerprint density at radius 3 is 2.91 bits per heavy atom. The van der Waals surface area contributed by atoms with Crippen molar-refractivity contribution in [2.75, 3.05) is 18.0 Å². The molecule has 1 aromatic heterocycles. The molecule has 1 saturated heterocycles. The second-order valence-electron chi connectivity index (χ2n) is 6.30. The Hall–Kier alpha value is -1.85. The van der Waals surface area contributed by atoms with Crippen LogP contribution in [0.25, 0.3) is 0 Å². The summed E-state index contributed by atoms with van der Waals surface area (Å²) in [5, 5.41) is 4.96. The number of rotatable bonds is 2. The lowest BCUT2D eigenvalue weighted by molar-refractivity contribution is -0.122. The first-order chi connectivity index (χ1) is 11.1. The number of hydrogen-bond acceptors (Lipinski definition) is 3. The van der Waals surface area contributed by atoms with E-state index >= 15 is 0 Å². The highest BCUT2D eigenvalue weighted by Gasteiger charge is 2.38. The number of carbonyl (C=O) groups excluding carboxylic acids is 1. The molecule has 2 aliphatic heterocycles. The summed E-state index contributed by atoms with van der Waals surface area (Å²) in [5.41, 5.74) is 3.49. The molecule has 0 spiro atoms. The minimum absolute atomic E-state index is 0.0287. The van der Waals surface area contributed by atoms with Gasteiger partial charge in [-0.1, -0.05) is 17.7 Å². The molecule has 1 atom stereocenters. The number of aryl methyl sites for hydroxylation is 1. The third-order valence-electron chi connectivity index (χ3n) is 4.83. The number of fused-ring (bicyclic) bond motifs is 1. The van der Waals surface area contributed by atoms with Crippen molar-refractivity contribution in [3.05, 3.63) is 46.7 Å². The van der Waals surface area contributed by atoms with E-state index in [-0.39, 0.29) is 11.9 Å². The first-order valence-corrected chi connectivity index (χ1v) is 8.31. The number of hydrogen-bond donors (Lipinski definition) is 0. The van der Waals surface area contributed by atoms with Gasteiger partial charge in [-0.2, -0.15) is 5.10 Å². The van der Waals surface area contributed by atoms with Crippen molar-refractivity contribution in [2.45, 2.75) is 25.4 Å². The molecule has 0 bridgehead atoms. The molecule has 6 heteroatoms. The maximum atomic E-state index is 12.8. The fourth-order valence-electron chi connectivity index (χ4n) is 3.62. The Kier molecular flexibility index (Phi) is 3.62. The summed E-state index contributed by atoms with van der Waals surface area (Å²) < 4.78 is 1.73. The molecule has 0 aliphatic carbocycles. The zero-order valence-corrected chi connectivity index (χ0v) is 13.8. The summed E-state index contributed by atoms with van der Waals surface area (Å²) in [6.45, 7) is 2.49. The van der Waals surface area contributed by atoms with E-state index in [1.807, 2.05) is 30.3 Å². The molecule has 0 saturated carbocycles. The van der Waals surface area contributed by atoms with Gasteiger partial charge >= 0.3 is 0 Å². The molecule has 0 radical (unpaired) electrons. The molecule has 2 aromatic rings. The molecule has 5 nitrogen and oxygen atoms in total. The predicted octanol–water partition coefficient (Wildman–Crippen LogP) is 2.24. The first kappa shape index (κ1) is 14.7. The van der Waals surface area contributed by atoms with Gasteiger partial charge in [0.15, 0.2) is 0 Å². The standard InChI is InChI=1S/C17H19ClN4O/c1-20-11-15(9-19-20)22-7-5-16(17(22)23)21-6-4-12-8-14(18)3-2-13(12)10-21/h2-3,8-9,11,16H,4-7,10H2,1H3/t16-/m1/s1. The fraction of sp³-hybridized carbons (Fsp3) is 0.412. The van der Waals surface area contributed by atoms with Crippen LogP contribution in [-0.2, 0) is 24.8 Å². The van der Waals surface area contributed by atoms with Crippen LogP contribution in [0.3, 0.4) is 0 Å². The molecular weight excluding hydrogens is 312 g/mol. The molecule has 1 amide bonds. The van der Waals surface area contributed by atoms with E-state index in [0.717, 1.165) is 43.2 Å². The second kappa shape index (κ2) is 5.65. The predicted molar refractivity (Wildman–Crippen MR) is 89.5 cm³/mol. The third kappa shape index (κ3) is 2.64. The Morgan fingerprint density at radius 1 is 1.26 bits per heavy atom. The van der Waals surface area contributed by atoms with Crippen LogP contribution in [0.2, 0.25) is 5.02 Å². The van der Waals surface area contributed by atoms with Crippen LogP contribution >= 0.6 is 11.6 Å². The largest absolute Gasteiger partial charge is 0.308 e. The number of halogens is 1. The number of amides is 1. The monoisotopic (exact) mass is 330 g/mol. The number of nitrogens with zero attached hydrogens (tertiary/aromatic N) is 4. The summed E-state index contributed by atoms with van der Waals surface area (Å²) in [5.74, 6) is 0.190. The van der Waals surface area contributed by atoms with Gasteiger partial charge in [0, 0.05) is 37.9 Å². The summed E-state index contributed by atoms with van der Waals surface area (Å²) in [4.78, 5) is 17.0. The van der Waals surface area contributed by atoms with Gasteiger partial charge in [-0.15, -0.1) is 0 Å². The Morgan fingerprint density at radius 2 is 2.13 bits per heavy atom. The Bertz CT molecular complexity index is 757. The van der Waals surface area contributed by atoms with Gasteiger partial charge in [0.1, 0.15) is 0 Å². The van der Waals surface area contributed by atoms with Crippen molar-refractivity contribution in [2.24, 2.45) is 7.05 Å². The molecule has 0 unspecified atom stereocenters. The van der Waals surface area contributed by atoms with Crippen LogP contribution < -0.4 is 4.90 Å². The molecule has 2 aliphatic rings. The summed E-state index contributed by atoms with van der Waals surface area (Å²) >= 11 is 6.07. The lowest BCUT2D eigenvalue weighted by atomic mass is 9.98. The molecule has 0 N–H and O–H groups in total. The van der Waals surface area contributed by atoms with Crippen LogP contribution in [0.1, 0.15) is 17.5 Å². The molecule has 4 rings (SSSR count). The number of anilines is 1. The van der Waals surface area contributed by atoms with Crippen molar-refractivity contribution >= 4 is 23.2 Å². The molecule has 1 fully saturated rings. The van der Waals surface area contributed by atoms with E-state index in [1.165, 1.54) is 11.1 Å². The maximum absolute atomic E-state index is 12.8. The van der Waals surface area contributed by atoms with Gasteiger partial charge < -0.3 is 4.90 Å². The van der Waals surface area contributed by atoms with Crippen molar-refractivity contribution in [3.8, 4) is 0 Å². The van der Waals surface area contributed by atoms with Gasteiger partial charge in [-0.3, -0.25) is 14.4 Å². The Balaban J connectivity index is 1.51. The minimum atomic E-state index is -0.0287. The van der Waals surface area contributed by atoms with E-state index in [0.29, 0.717) is 0 Å². The number of benzene rings is 1. The highest BCUT2D eigenvalue weighted by molar-refractivity contribution is 6.30. The quantitative estimate of drug-likeness (QED) is 0.848. The highest BCUT2D eigenvalue weighted by atomic mass is 35.5. The van der Waals surface area contributed by atoms with Gasteiger partial charge in [0.2, 0.25) is 5.91 Å². The van der Waals surface area contributed by atoms with Crippen molar-refractivity contribution < 1.29 is 4.79 Å². The lowest BCUT2D eigenvalue weighted by Crippen LogP contribution is -2.44. The topological polar surface area (TPSA) is 41.4 Å².